The van der Waals surface area contributed by atoms with Crippen molar-refractivity contribution in [3.05, 3.63) is 70.1 Å². The SMILES string of the molecule is CN=CC(=CN)c1ccncc1/C=C/C(=O)Nc1ccc(Br)c(CN(C)C(C)=O)c1. The third-order valence-corrected chi connectivity index (χ3v) is 5.06. The predicted molar refractivity (Wildman–Crippen MR) is 125 cm³/mol. The van der Waals surface area contributed by atoms with Crippen LogP contribution in [0.4, 0.5) is 5.69 Å². The number of nitrogens with two attached hydrogens (primary N) is 1. The van der Waals surface area contributed by atoms with Crippen LogP contribution in [-0.2, 0) is 16.1 Å². The van der Waals surface area contributed by atoms with E-state index in [-0.39, 0.29) is 11.8 Å². The van der Waals surface area contributed by atoms with Gasteiger partial charge in [0.15, 0.2) is 0 Å². The number of hydrogen-bond donors (Lipinski definition) is 2. The minimum absolute atomic E-state index is 0.0365. The summed E-state index contributed by atoms with van der Waals surface area (Å²) in [7, 11) is 3.38. The first-order valence-electron chi connectivity index (χ1n) is 9.13. The molecule has 0 bridgehead atoms. The third kappa shape index (κ3) is 6.38. The standard InChI is InChI=1S/C22H24BrN5O2/c1-15(29)28(3)14-17-10-19(5-6-21(17)23)27-22(30)7-4-16-13-26-9-8-20(16)18(11-24)12-25-2/h4-13H,14,24H2,1-3H3,(H,27,30)/b7-4+,18-11?,25-12?. The Labute approximate surface area is 184 Å². The number of halogens is 1. The molecule has 0 atom stereocenters. The van der Waals surface area contributed by atoms with Gasteiger partial charge in [-0.3, -0.25) is 19.6 Å². The molecule has 1 aromatic carbocycles. The molecule has 0 aliphatic rings. The zero-order chi connectivity index (χ0) is 22.1. The van der Waals surface area contributed by atoms with Gasteiger partial charge in [0.1, 0.15) is 0 Å². The smallest absolute Gasteiger partial charge is 0.248 e. The molecule has 0 aliphatic heterocycles. The number of aliphatic imine (C=N–C) groups is 1. The van der Waals surface area contributed by atoms with Gasteiger partial charge in [0.2, 0.25) is 11.8 Å². The molecule has 0 fully saturated rings. The quantitative estimate of drug-likeness (QED) is 0.478. The highest BCUT2D eigenvalue weighted by Gasteiger charge is 2.09. The Bertz CT molecular complexity index is 1010. The van der Waals surface area contributed by atoms with Crippen LogP contribution in [-0.4, -0.2) is 42.0 Å². The van der Waals surface area contributed by atoms with Crippen molar-refractivity contribution in [2.24, 2.45) is 10.7 Å². The van der Waals surface area contributed by atoms with Crippen LogP contribution in [0.15, 0.2) is 58.4 Å². The normalized spacial score (nSPS) is 11.8. The molecular weight excluding hydrogens is 446 g/mol. The van der Waals surface area contributed by atoms with Gasteiger partial charge in [-0.1, -0.05) is 15.9 Å². The van der Waals surface area contributed by atoms with Crippen molar-refractivity contribution < 1.29 is 9.59 Å². The molecule has 30 heavy (non-hydrogen) atoms. The number of pyridine rings is 1. The number of rotatable bonds is 7. The largest absolute Gasteiger partial charge is 0.404 e. The summed E-state index contributed by atoms with van der Waals surface area (Å²) in [4.78, 5) is 33.6. The monoisotopic (exact) mass is 469 g/mol. The second-order valence-electron chi connectivity index (χ2n) is 6.48. The molecule has 3 N–H and O–H groups in total. The van der Waals surface area contributed by atoms with E-state index in [0.29, 0.717) is 12.2 Å². The van der Waals surface area contributed by atoms with E-state index in [9.17, 15) is 9.59 Å². The van der Waals surface area contributed by atoms with Crippen molar-refractivity contribution in [2.75, 3.05) is 19.4 Å². The lowest BCUT2D eigenvalue weighted by Gasteiger charge is -2.16. The third-order valence-electron chi connectivity index (χ3n) is 4.28. The minimum atomic E-state index is -0.291. The first-order valence-corrected chi connectivity index (χ1v) is 9.92. The molecule has 0 radical (unpaired) electrons. The van der Waals surface area contributed by atoms with Crippen LogP contribution >= 0.6 is 15.9 Å². The van der Waals surface area contributed by atoms with Crippen LogP contribution < -0.4 is 11.1 Å². The number of nitrogens with one attached hydrogen (secondary N) is 1. The van der Waals surface area contributed by atoms with E-state index in [0.717, 1.165) is 26.7 Å². The highest BCUT2D eigenvalue weighted by molar-refractivity contribution is 9.10. The van der Waals surface area contributed by atoms with Crippen LogP contribution in [0.2, 0.25) is 0 Å². The van der Waals surface area contributed by atoms with Crippen molar-refractivity contribution in [1.82, 2.24) is 9.88 Å². The molecular formula is C22H24BrN5O2. The fourth-order valence-electron chi connectivity index (χ4n) is 2.63. The summed E-state index contributed by atoms with van der Waals surface area (Å²) in [6.07, 6.45) is 9.52. The molecule has 0 aliphatic carbocycles. The molecule has 0 saturated heterocycles. The molecule has 1 heterocycles. The van der Waals surface area contributed by atoms with E-state index in [1.165, 1.54) is 19.2 Å². The predicted octanol–water partition coefficient (Wildman–Crippen LogP) is 3.47. The molecule has 0 saturated carbocycles. The Balaban J connectivity index is 2.17. The van der Waals surface area contributed by atoms with Crippen molar-refractivity contribution in [1.29, 1.82) is 0 Å². The van der Waals surface area contributed by atoms with Crippen LogP contribution in [0, 0.1) is 0 Å². The van der Waals surface area contributed by atoms with Gasteiger partial charge in [0, 0.05) is 79.7 Å². The van der Waals surface area contributed by atoms with E-state index in [1.54, 1.807) is 49.7 Å². The number of carbonyl (C=O) groups is 2. The molecule has 2 aromatic rings. The van der Waals surface area contributed by atoms with Crippen LogP contribution in [0.3, 0.4) is 0 Å². The summed E-state index contributed by atoms with van der Waals surface area (Å²) < 4.78 is 0.864. The van der Waals surface area contributed by atoms with Crippen molar-refractivity contribution in [3.8, 4) is 0 Å². The van der Waals surface area contributed by atoms with E-state index in [2.05, 4.69) is 31.2 Å². The lowest BCUT2D eigenvalue weighted by Crippen LogP contribution is -2.23. The molecule has 0 spiro atoms. The number of hydrogen-bond acceptors (Lipinski definition) is 5. The van der Waals surface area contributed by atoms with E-state index >= 15 is 0 Å². The Morgan fingerprint density at radius 2 is 2.10 bits per heavy atom. The number of aromatic nitrogens is 1. The lowest BCUT2D eigenvalue weighted by atomic mass is 10.0. The topological polar surface area (TPSA) is 101 Å². The molecule has 7 nitrogen and oxygen atoms in total. The number of nitrogens with zero attached hydrogens (tertiary/aromatic N) is 3. The average molecular weight is 470 g/mol. The maximum Gasteiger partial charge on any atom is 0.248 e. The van der Waals surface area contributed by atoms with E-state index in [4.69, 9.17) is 5.73 Å². The number of benzene rings is 1. The molecule has 1 aromatic heterocycles. The second-order valence-corrected chi connectivity index (χ2v) is 7.33. The minimum Gasteiger partial charge on any atom is -0.404 e. The van der Waals surface area contributed by atoms with Gasteiger partial charge in [-0.05, 0) is 41.5 Å². The highest BCUT2D eigenvalue weighted by atomic mass is 79.9. The van der Waals surface area contributed by atoms with Gasteiger partial charge in [0.05, 0.1) is 0 Å². The van der Waals surface area contributed by atoms with Gasteiger partial charge in [-0.25, -0.2) is 0 Å². The summed E-state index contributed by atoms with van der Waals surface area (Å²) in [5.41, 5.74) is 9.50. The number of anilines is 1. The highest BCUT2D eigenvalue weighted by Crippen LogP contribution is 2.23. The molecule has 156 valence electrons. The summed E-state index contributed by atoms with van der Waals surface area (Å²) in [5, 5.41) is 2.83. The number of amides is 2. The Morgan fingerprint density at radius 1 is 1.33 bits per heavy atom. The Kier molecular flexibility index (Phi) is 8.49. The van der Waals surface area contributed by atoms with Crippen LogP contribution in [0.5, 0.6) is 0 Å². The zero-order valence-corrected chi connectivity index (χ0v) is 18.7. The van der Waals surface area contributed by atoms with Crippen LogP contribution in [0.25, 0.3) is 11.6 Å². The average Bonchev–Trinajstić information content (AvgIpc) is 2.73. The van der Waals surface area contributed by atoms with Gasteiger partial charge >= 0.3 is 0 Å². The molecule has 2 amide bonds. The summed E-state index contributed by atoms with van der Waals surface area (Å²) in [6.45, 7) is 1.94. The lowest BCUT2D eigenvalue weighted by molar-refractivity contribution is -0.128. The fraction of sp³-hybridized carbons (Fsp3) is 0.182. The summed E-state index contributed by atoms with van der Waals surface area (Å²) in [6, 6.07) is 7.27. The first-order chi connectivity index (χ1) is 14.3. The summed E-state index contributed by atoms with van der Waals surface area (Å²) in [5.74, 6) is -0.328. The molecule has 8 heteroatoms. The Hall–Kier alpha value is -3.26. The maximum absolute atomic E-state index is 12.4. The van der Waals surface area contributed by atoms with Crippen molar-refractivity contribution >= 4 is 51.3 Å². The summed E-state index contributed by atoms with van der Waals surface area (Å²) >= 11 is 3.48. The fourth-order valence-corrected chi connectivity index (χ4v) is 3.01. The van der Waals surface area contributed by atoms with Crippen molar-refractivity contribution in [2.45, 2.75) is 13.5 Å². The van der Waals surface area contributed by atoms with Gasteiger partial charge in [-0.2, -0.15) is 0 Å². The molecule has 2 rings (SSSR count). The first kappa shape index (κ1) is 23.0. The molecule has 0 unspecified atom stereocenters. The maximum atomic E-state index is 12.4. The van der Waals surface area contributed by atoms with Gasteiger partial charge in [0.25, 0.3) is 0 Å². The number of carbonyl (C=O) groups excluding carboxylic acids is 2. The Morgan fingerprint density at radius 3 is 2.77 bits per heavy atom. The van der Waals surface area contributed by atoms with Gasteiger partial charge in [-0.15, -0.1) is 0 Å². The zero-order valence-electron chi connectivity index (χ0n) is 17.1. The van der Waals surface area contributed by atoms with Crippen LogP contribution in [0.1, 0.15) is 23.6 Å². The second kappa shape index (κ2) is 11.1. The van der Waals surface area contributed by atoms with E-state index in [1.807, 2.05) is 18.2 Å². The van der Waals surface area contributed by atoms with E-state index < -0.39 is 0 Å². The van der Waals surface area contributed by atoms with Crippen molar-refractivity contribution in [3.63, 3.8) is 0 Å². The number of allylic oxidation sites excluding steroid dienone is 1. The van der Waals surface area contributed by atoms with Gasteiger partial charge < -0.3 is 16.0 Å².